The van der Waals surface area contributed by atoms with E-state index < -0.39 is 0 Å². The predicted octanol–water partition coefficient (Wildman–Crippen LogP) is 3.05. The van der Waals surface area contributed by atoms with Crippen molar-refractivity contribution in [2.24, 2.45) is 5.92 Å². The van der Waals surface area contributed by atoms with Crippen LogP contribution < -0.4 is 5.32 Å². The largest absolute Gasteiger partial charge is 0.334 e. The summed E-state index contributed by atoms with van der Waals surface area (Å²) in [7, 11) is 1.86. The second-order valence-electron chi connectivity index (χ2n) is 7.42. The molecule has 0 bridgehead atoms. The van der Waals surface area contributed by atoms with Crippen LogP contribution in [0.1, 0.15) is 50.6 Å². The van der Waals surface area contributed by atoms with Crippen LogP contribution in [-0.2, 0) is 0 Å². The van der Waals surface area contributed by atoms with E-state index in [1.165, 1.54) is 32.2 Å². The van der Waals surface area contributed by atoms with Gasteiger partial charge in [-0.1, -0.05) is 18.9 Å². The SMILES string of the molecule is C[C@@H](c1cccnc1)N(C)C(=O)N[C@H]1CCN(CC2CCCC2)C1. The van der Waals surface area contributed by atoms with E-state index in [2.05, 4.69) is 15.2 Å². The topological polar surface area (TPSA) is 48.5 Å². The molecule has 5 heteroatoms. The smallest absolute Gasteiger partial charge is 0.317 e. The maximum absolute atomic E-state index is 12.5. The van der Waals surface area contributed by atoms with Crippen LogP contribution in [0.25, 0.3) is 0 Å². The molecule has 2 aliphatic rings. The van der Waals surface area contributed by atoms with Gasteiger partial charge in [-0.3, -0.25) is 4.98 Å². The van der Waals surface area contributed by atoms with Crippen LogP contribution in [0.5, 0.6) is 0 Å². The number of nitrogens with zero attached hydrogens (tertiary/aromatic N) is 3. The van der Waals surface area contributed by atoms with Crippen molar-refractivity contribution in [1.82, 2.24) is 20.1 Å². The van der Waals surface area contributed by atoms with E-state index in [4.69, 9.17) is 0 Å². The molecule has 1 N–H and O–H groups in total. The van der Waals surface area contributed by atoms with Gasteiger partial charge in [0.25, 0.3) is 0 Å². The lowest BCUT2D eigenvalue weighted by Gasteiger charge is -2.27. The van der Waals surface area contributed by atoms with Gasteiger partial charge in [0.15, 0.2) is 0 Å². The molecule has 2 atom stereocenters. The van der Waals surface area contributed by atoms with Crippen molar-refractivity contribution in [3.8, 4) is 0 Å². The van der Waals surface area contributed by atoms with Crippen LogP contribution in [-0.4, -0.2) is 53.5 Å². The number of likely N-dealkylation sites (tertiary alicyclic amines) is 1. The second-order valence-corrected chi connectivity index (χ2v) is 7.42. The molecular weight excluding hydrogens is 300 g/mol. The predicted molar refractivity (Wildman–Crippen MR) is 95.7 cm³/mol. The molecule has 3 rings (SSSR count). The summed E-state index contributed by atoms with van der Waals surface area (Å²) in [4.78, 5) is 21.0. The van der Waals surface area contributed by atoms with Crippen molar-refractivity contribution in [2.45, 2.75) is 51.1 Å². The molecule has 132 valence electrons. The van der Waals surface area contributed by atoms with E-state index in [9.17, 15) is 4.79 Å². The van der Waals surface area contributed by atoms with Gasteiger partial charge in [-0.15, -0.1) is 0 Å². The Balaban J connectivity index is 1.46. The molecule has 2 heterocycles. The number of urea groups is 1. The fourth-order valence-corrected chi connectivity index (χ4v) is 3.97. The summed E-state index contributed by atoms with van der Waals surface area (Å²) in [6.07, 6.45) is 10.2. The first-order chi connectivity index (χ1) is 11.6. The van der Waals surface area contributed by atoms with E-state index >= 15 is 0 Å². The Morgan fingerprint density at radius 1 is 1.42 bits per heavy atom. The third-order valence-corrected chi connectivity index (χ3v) is 5.66. The highest BCUT2D eigenvalue weighted by molar-refractivity contribution is 5.74. The van der Waals surface area contributed by atoms with E-state index in [0.29, 0.717) is 0 Å². The lowest BCUT2D eigenvalue weighted by Crippen LogP contribution is -2.45. The second kappa shape index (κ2) is 7.97. The fraction of sp³-hybridized carbons (Fsp3) is 0.684. The molecule has 1 aromatic rings. The average Bonchev–Trinajstić information content (AvgIpc) is 3.27. The number of amides is 2. The van der Waals surface area contributed by atoms with Crippen molar-refractivity contribution < 1.29 is 4.79 Å². The number of pyridine rings is 1. The molecule has 24 heavy (non-hydrogen) atoms. The molecular formula is C19H30N4O. The zero-order chi connectivity index (χ0) is 16.9. The number of aromatic nitrogens is 1. The zero-order valence-electron chi connectivity index (χ0n) is 14.9. The molecule has 2 amide bonds. The summed E-state index contributed by atoms with van der Waals surface area (Å²) in [5, 5.41) is 3.21. The maximum Gasteiger partial charge on any atom is 0.317 e. The zero-order valence-corrected chi connectivity index (χ0v) is 14.9. The number of hydrogen-bond acceptors (Lipinski definition) is 3. The monoisotopic (exact) mass is 330 g/mol. The molecule has 1 saturated carbocycles. The van der Waals surface area contributed by atoms with Gasteiger partial charge >= 0.3 is 6.03 Å². The number of carbonyl (C=O) groups excluding carboxylic acids is 1. The van der Waals surface area contributed by atoms with E-state index in [1.54, 1.807) is 11.1 Å². The number of rotatable bonds is 5. The van der Waals surface area contributed by atoms with Crippen LogP contribution in [0.15, 0.2) is 24.5 Å². The third-order valence-electron chi connectivity index (χ3n) is 5.66. The van der Waals surface area contributed by atoms with Crippen LogP contribution >= 0.6 is 0 Å². The van der Waals surface area contributed by atoms with Gasteiger partial charge in [0.05, 0.1) is 6.04 Å². The van der Waals surface area contributed by atoms with E-state index in [1.807, 2.05) is 32.3 Å². The Labute approximate surface area is 145 Å². The molecule has 0 aromatic carbocycles. The summed E-state index contributed by atoms with van der Waals surface area (Å²) in [5.41, 5.74) is 1.06. The Kier molecular flexibility index (Phi) is 5.72. The lowest BCUT2D eigenvalue weighted by molar-refractivity contribution is 0.189. The van der Waals surface area contributed by atoms with Crippen molar-refractivity contribution in [3.05, 3.63) is 30.1 Å². The fourth-order valence-electron chi connectivity index (χ4n) is 3.97. The van der Waals surface area contributed by atoms with Gasteiger partial charge < -0.3 is 15.1 Å². The summed E-state index contributed by atoms with van der Waals surface area (Å²) >= 11 is 0. The molecule has 1 aromatic heterocycles. The molecule has 5 nitrogen and oxygen atoms in total. The van der Waals surface area contributed by atoms with Gasteiger partial charge in [0.2, 0.25) is 0 Å². The van der Waals surface area contributed by atoms with Crippen LogP contribution in [0.4, 0.5) is 4.79 Å². The first kappa shape index (κ1) is 17.2. The van der Waals surface area contributed by atoms with Gasteiger partial charge in [-0.2, -0.15) is 0 Å². The van der Waals surface area contributed by atoms with Crippen LogP contribution in [0.2, 0.25) is 0 Å². The molecule has 0 spiro atoms. The Bertz CT molecular complexity index is 529. The van der Waals surface area contributed by atoms with E-state index in [-0.39, 0.29) is 18.1 Å². The Morgan fingerprint density at radius 3 is 2.92 bits per heavy atom. The Morgan fingerprint density at radius 2 is 2.21 bits per heavy atom. The summed E-state index contributed by atoms with van der Waals surface area (Å²) in [5.74, 6) is 0.882. The number of carbonyl (C=O) groups is 1. The molecule has 2 fully saturated rings. The quantitative estimate of drug-likeness (QED) is 0.903. The van der Waals surface area contributed by atoms with Crippen molar-refractivity contribution >= 4 is 6.03 Å². The van der Waals surface area contributed by atoms with Gasteiger partial charge in [0.1, 0.15) is 0 Å². The van der Waals surface area contributed by atoms with Crippen molar-refractivity contribution in [2.75, 3.05) is 26.7 Å². The van der Waals surface area contributed by atoms with Crippen LogP contribution in [0, 0.1) is 5.92 Å². The van der Waals surface area contributed by atoms with Gasteiger partial charge in [0, 0.05) is 45.1 Å². The number of hydrogen-bond donors (Lipinski definition) is 1. The minimum absolute atomic E-state index is 0.0130. The summed E-state index contributed by atoms with van der Waals surface area (Å²) in [6.45, 7) is 5.37. The molecule has 0 unspecified atom stereocenters. The Hall–Kier alpha value is -1.62. The minimum Gasteiger partial charge on any atom is -0.334 e. The average molecular weight is 330 g/mol. The lowest BCUT2D eigenvalue weighted by atomic mass is 10.1. The highest BCUT2D eigenvalue weighted by Crippen LogP contribution is 2.26. The molecule has 1 aliphatic carbocycles. The first-order valence-corrected chi connectivity index (χ1v) is 9.29. The van der Waals surface area contributed by atoms with Crippen molar-refractivity contribution in [1.29, 1.82) is 0 Å². The third kappa shape index (κ3) is 4.26. The minimum atomic E-state index is 0.0130. The molecule has 0 radical (unpaired) electrons. The summed E-state index contributed by atoms with van der Waals surface area (Å²) < 4.78 is 0. The highest BCUT2D eigenvalue weighted by Gasteiger charge is 2.28. The van der Waals surface area contributed by atoms with Gasteiger partial charge in [-0.25, -0.2) is 4.79 Å². The van der Waals surface area contributed by atoms with E-state index in [0.717, 1.165) is 31.0 Å². The standard InChI is InChI=1S/C19H30N4O/c1-15(17-8-5-10-20-12-17)22(2)19(24)21-18-9-11-23(14-18)13-16-6-3-4-7-16/h5,8,10,12,15-16,18H,3-4,6-7,9,11,13-14H2,1-2H3,(H,21,24)/t15-,18-/m0/s1. The molecule has 1 saturated heterocycles. The van der Waals surface area contributed by atoms with Gasteiger partial charge in [-0.05, 0) is 43.7 Å². The van der Waals surface area contributed by atoms with Crippen LogP contribution in [0.3, 0.4) is 0 Å². The highest BCUT2D eigenvalue weighted by atomic mass is 16.2. The summed E-state index contributed by atoms with van der Waals surface area (Å²) in [6, 6.07) is 4.24. The number of nitrogens with one attached hydrogen (secondary N) is 1. The normalized spacial score (nSPS) is 23.3. The maximum atomic E-state index is 12.5. The first-order valence-electron chi connectivity index (χ1n) is 9.29. The van der Waals surface area contributed by atoms with Crippen molar-refractivity contribution in [3.63, 3.8) is 0 Å². The molecule has 1 aliphatic heterocycles.